The minimum atomic E-state index is -0.430. The molecule has 9 heteroatoms. The predicted octanol–water partition coefficient (Wildman–Crippen LogP) is 5.16. The van der Waals surface area contributed by atoms with Crippen molar-refractivity contribution in [2.75, 3.05) is 32.6 Å². The van der Waals surface area contributed by atoms with E-state index in [1.54, 1.807) is 36.4 Å². The summed E-state index contributed by atoms with van der Waals surface area (Å²) in [4.78, 5) is 25.9. The first-order chi connectivity index (χ1) is 14.3. The van der Waals surface area contributed by atoms with Crippen molar-refractivity contribution in [3.8, 4) is 11.5 Å². The number of benzene rings is 2. The maximum atomic E-state index is 12.4. The number of ether oxygens (including phenoxy) is 2. The Labute approximate surface area is 190 Å². The van der Waals surface area contributed by atoms with E-state index < -0.39 is 5.91 Å². The van der Waals surface area contributed by atoms with Gasteiger partial charge in [-0.3, -0.25) is 9.59 Å². The van der Waals surface area contributed by atoms with Crippen molar-refractivity contribution < 1.29 is 19.1 Å². The van der Waals surface area contributed by atoms with E-state index in [2.05, 4.69) is 5.32 Å². The Hall–Kier alpha value is -2.41. The highest BCUT2D eigenvalue weighted by molar-refractivity contribution is 6.39. The first-order valence-electron chi connectivity index (χ1n) is 8.94. The fourth-order valence-corrected chi connectivity index (χ4v) is 3.32. The number of nitrogens with one attached hydrogen (secondary N) is 1. The molecule has 0 bridgehead atoms. The number of carbonyl (C=O) groups is 2. The van der Waals surface area contributed by atoms with Crippen LogP contribution in [0.5, 0.6) is 11.5 Å². The average Bonchev–Trinajstić information content (AvgIpc) is 2.69. The number of nitrogens with zero attached hydrogens (tertiary/aromatic N) is 1. The number of para-hydroxylation sites is 1. The first kappa shape index (κ1) is 23.9. The number of amides is 2. The Morgan fingerprint density at radius 3 is 2.40 bits per heavy atom. The molecule has 2 aromatic carbocycles. The Kier molecular flexibility index (Phi) is 8.84. The lowest BCUT2D eigenvalue weighted by Gasteiger charge is -2.16. The number of methoxy groups -OCH3 is 1. The van der Waals surface area contributed by atoms with Gasteiger partial charge < -0.3 is 19.7 Å². The average molecular weight is 472 g/mol. The molecule has 2 amide bonds. The summed E-state index contributed by atoms with van der Waals surface area (Å²) in [5.41, 5.74) is 0.955. The van der Waals surface area contributed by atoms with Gasteiger partial charge in [0.1, 0.15) is 0 Å². The van der Waals surface area contributed by atoms with Gasteiger partial charge >= 0.3 is 0 Å². The molecule has 0 saturated carbocycles. The molecule has 0 aliphatic carbocycles. The van der Waals surface area contributed by atoms with Crippen LogP contribution < -0.4 is 14.8 Å². The van der Waals surface area contributed by atoms with Gasteiger partial charge in [0.2, 0.25) is 11.8 Å². The van der Waals surface area contributed by atoms with Crippen LogP contribution in [0, 0.1) is 0 Å². The van der Waals surface area contributed by atoms with E-state index in [-0.39, 0.29) is 12.5 Å². The van der Waals surface area contributed by atoms with Crippen molar-refractivity contribution in [3.63, 3.8) is 0 Å². The van der Waals surface area contributed by atoms with Crippen LogP contribution in [0.1, 0.15) is 12.5 Å². The van der Waals surface area contributed by atoms with E-state index in [1.807, 2.05) is 6.92 Å². The van der Waals surface area contributed by atoms with E-state index >= 15 is 0 Å². The fourth-order valence-electron chi connectivity index (χ4n) is 2.53. The van der Waals surface area contributed by atoms with Gasteiger partial charge in [-0.15, -0.1) is 0 Å². The molecule has 0 heterocycles. The van der Waals surface area contributed by atoms with Gasteiger partial charge in [0.25, 0.3) is 0 Å². The van der Waals surface area contributed by atoms with Gasteiger partial charge in [0.05, 0.1) is 41.0 Å². The van der Waals surface area contributed by atoms with Crippen molar-refractivity contribution in [2.24, 2.45) is 0 Å². The van der Waals surface area contributed by atoms with Crippen LogP contribution in [-0.2, 0) is 9.59 Å². The Balaban J connectivity index is 2.05. The summed E-state index contributed by atoms with van der Waals surface area (Å²) < 4.78 is 10.8. The topological polar surface area (TPSA) is 67.9 Å². The van der Waals surface area contributed by atoms with Crippen molar-refractivity contribution in [3.05, 3.63) is 57.0 Å². The van der Waals surface area contributed by atoms with Crippen molar-refractivity contribution in [1.82, 2.24) is 4.90 Å². The van der Waals surface area contributed by atoms with E-state index in [0.717, 1.165) is 0 Å². The molecule has 0 atom stereocenters. The van der Waals surface area contributed by atoms with Crippen LogP contribution in [-0.4, -0.2) is 44.0 Å². The minimum Gasteiger partial charge on any atom is -0.491 e. The third-order valence-corrected chi connectivity index (χ3v) is 4.85. The molecule has 30 heavy (non-hydrogen) atoms. The first-order valence-corrected chi connectivity index (χ1v) is 10.1. The Bertz CT molecular complexity index is 943. The van der Waals surface area contributed by atoms with Crippen molar-refractivity contribution in [2.45, 2.75) is 6.92 Å². The summed E-state index contributed by atoms with van der Waals surface area (Å²) >= 11 is 18.3. The summed E-state index contributed by atoms with van der Waals surface area (Å²) in [6.45, 7) is 2.10. The van der Waals surface area contributed by atoms with Crippen molar-refractivity contribution in [1.29, 1.82) is 0 Å². The molecule has 0 aliphatic heterocycles. The number of hydrogen-bond donors (Lipinski definition) is 1. The molecule has 0 radical (unpaired) electrons. The highest BCUT2D eigenvalue weighted by Gasteiger charge is 2.14. The summed E-state index contributed by atoms with van der Waals surface area (Å²) in [6.07, 6.45) is 2.92. The summed E-state index contributed by atoms with van der Waals surface area (Å²) in [7, 11) is 3.01. The lowest BCUT2D eigenvalue weighted by molar-refractivity contribution is -0.129. The molecule has 2 aromatic rings. The molecule has 1 N–H and O–H groups in total. The molecule has 160 valence electrons. The third-order valence-electron chi connectivity index (χ3n) is 3.94. The van der Waals surface area contributed by atoms with E-state index in [1.165, 1.54) is 25.1 Å². The standard InChI is InChI=1S/C21H21Cl3N2O4/c1-4-30-17-11-13(10-16(24)21(17)29-3)8-9-19(28)26(2)12-18(27)25-20-14(22)6-5-7-15(20)23/h5-11H,4,12H2,1-3H3,(H,25,27)/b9-8+. The molecule has 0 saturated heterocycles. The maximum Gasteiger partial charge on any atom is 0.246 e. The second kappa shape index (κ2) is 11.1. The monoisotopic (exact) mass is 470 g/mol. The van der Waals surface area contributed by atoms with Gasteiger partial charge in [0.15, 0.2) is 11.5 Å². The van der Waals surface area contributed by atoms with E-state index in [0.29, 0.717) is 44.4 Å². The van der Waals surface area contributed by atoms with Gasteiger partial charge in [-0.05, 0) is 42.8 Å². The van der Waals surface area contributed by atoms with Crippen LogP contribution >= 0.6 is 34.8 Å². The van der Waals surface area contributed by atoms with E-state index in [4.69, 9.17) is 44.3 Å². The molecule has 6 nitrogen and oxygen atoms in total. The highest BCUT2D eigenvalue weighted by Crippen LogP contribution is 2.36. The summed E-state index contributed by atoms with van der Waals surface area (Å²) in [5, 5.41) is 3.59. The fraction of sp³-hybridized carbons (Fsp3) is 0.238. The molecule has 0 aliphatic rings. The SMILES string of the molecule is CCOc1cc(/C=C/C(=O)N(C)CC(=O)Nc2c(Cl)cccc2Cl)cc(Cl)c1OC. The number of hydrogen-bond acceptors (Lipinski definition) is 4. The second-order valence-electron chi connectivity index (χ2n) is 6.14. The van der Waals surface area contributed by atoms with Crippen LogP contribution in [0.2, 0.25) is 15.1 Å². The van der Waals surface area contributed by atoms with Gasteiger partial charge in [-0.1, -0.05) is 40.9 Å². The number of likely N-dealkylation sites (N-methyl/N-ethyl adjacent to an activating group) is 1. The largest absolute Gasteiger partial charge is 0.491 e. The van der Waals surface area contributed by atoms with Crippen molar-refractivity contribution >= 4 is 58.4 Å². The molecule has 0 unspecified atom stereocenters. The zero-order valence-corrected chi connectivity index (χ0v) is 18.9. The minimum absolute atomic E-state index is 0.182. The second-order valence-corrected chi connectivity index (χ2v) is 7.36. The van der Waals surface area contributed by atoms with Crippen LogP contribution in [0.3, 0.4) is 0 Å². The zero-order chi connectivity index (χ0) is 22.3. The third kappa shape index (κ3) is 6.29. The highest BCUT2D eigenvalue weighted by atomic mass is 35.5. The molecule has 0 spiro atoms. The summed E-state index contributed by atoms with van der Waals surface area (Å²) in [5.74, 6) is 0.0960. The lowest BCUT2D eigenvalue weighted by Crippen LogP contribution is -2.34. The number of carbonyl (C=O) groups excluding carboxylic acids is 2. The van der Waals surface area contributed by atoms with Gasteiger partial charge in [-0.25, -0.2) is 0 Å². The van der Waals surface area contributed by atoms with Crippen LogP contribution in [0.15, 0.2) is 36.4 Å². The maximum absolute atomic E-state index is 12.4. The molecule has 0 fully saturated rings. The summed E-state index contributed by atoms with van der Waals surface area (Å²) in [6, 6.07) is 8.25. The van der Waals surface area contributed by atoms with Crippen LogP contribution in [0.25, 0.3) is 6.08 Å². The van der Waals surface area contributed by atoms with Crippen LogP contribution in [0.4, 0.5) is 5.69 Å². The number of halogens is 3. The number of rotatable bonds is 8. The zero-order valence-electron chi connectivity index (χ0n) is 16.7. The van der Waals surface area contributed by atoms with Gasteiger partial charge in [-0.2, -0.15) is 0 Å². The molecule has 0 aromatic heterocycles. The number of anilines is 1. The molecular formula is C21H21Cl3N2O4. The van der Waals surface area contributed by atoms with Gasteiger partial charge in [0, 0.05) is 13.1 Å². The Morgan fingerprint density at radius 1 is 1.13 bits per heavy atom. The predicted molar refractivity (Wildman–Crippen MR) is 121 cm³/mol. The lowest BCUT2D eigenvalue weighted by atomic mass is 10.2. The molecule has 2 rings (SSSR count). The smallest absolute Gasteiger partial charge is 0.246 e. The quantitative estimate of drug-likeness (QED) is 0.540. The van der Waals surface area contributed by atoms with E-state index in [9.17, 15) is 9.59 Å². The Morgan fingerprint density at radius 2 is 1.80 bits per heavy atom. The normalized spacial score (nSPS) is 10.7. The molecular weight excluding hydrogens is 451 g/mol.